The summed E-state index contributed by atoms with van der Waals surface area (Å²) in [7, 11) is 0. The van der Waals surface area contributed by atoms with E-state index in [1.165, 1.54) is 17.0 Å². The molecule has 0 saturated carbocycles. The topological polar surface area (TPSA) is 108 Å². The fourth-order valence-corrected chi connectivity index (χ4v) is 7.83. The number of alkyl halides is 3. The van der Waals surface area contributed by atoms with Crippen LogP contribution in [0.4, 0.5) is 24.5 Å². The summed E-state index contributed by atoms with van der Waals surface area (Å²) in [5.41, 5.74) is 9.36. The predicted molar refractivity (Wildman–Crippen MR) is 237 cm³/mol. The molecule has 320 valence electrons. The lowest BCUT2D eigenvalue weighted by Crippen LogP contribution is -2.66. The molecule has 2 atom stereocenters. The summed E-state index contributed by atoms with van der Waals surface area (Å²) in [6, 6.07) is 41.5. The quantitative estimate of drug-likeness (QED) is 0.0890. The average Bonchev–Trinajstić information content (AvgIpc) is 3.26. The lowest BCUT2D eigenvalue weighted by atomic mass is 9.89. The molecule has 12 heteroatoms. The Morgan fingerprint density at radius 1 is 0.758 bits per heavy atom. The van der Waals surface area contributed by atoms with Crippen molar-refractivity contribution in [3.8, 4) is 0 Å². The third-order valence-electron chi connectivity index (χ3n) is 11.5. The Morgan fingerprint density at radius 2 is 1.39 bits per heavy atom. The van der Waals surface area contributed by atoms with Gasteiger partial charge < -0.3 is 25.0 Å². The standard InChI is InChI=1S/C50H48ClF3N4O4/c1-34-16-25-44(30-35(34)2)58(45(38-10-5-3-6-11-38)46(59)56-28-26-36-19-23-42(51)24-20-36)49(55,39-12-7-4-8-13-39)47(60)57(29-27-37-17-21-40(22-18-37)50(52,53)54)43-15-9-14-41(31-43)48(61)32-62-33-48/h3-25,30-31,45,61H,26-29,32-33,55H2,1-2H3,(H,56,59). The third kappa shape index (κ3) is 9.56. The van der Waals surface area contributed by atoms with Gasteiger partial charge in [0.05, 0.1) is 18.8 Å². The minimum Gasteiger partial charge on any atom is -0.380 e. The van der Waals surface area contributed by atoms with Gasteiger partial charge in [0, 0.05) is 35.1 Å². The Bertz CT molecular complexity index is 2480. The molecule has 1 saturated heterocycles. The third-order valence-corrected chi connectivity index (χ3v) is 11.7. The number of hydrogen-bond acceptors (Lipinski definition) is 6. The number of carbonyl (C=O) groups is 2. The van der Waals surface area contributed by atoms with Crippen LogP contribution in [0, 0.1) is 13.8 Å². The summed E-state index contributed by atoms with van der Waals surface area (Å²) in [5.74, 6) is -1.04. The number of aryl methyl sites for hydroxylation is 2. The van der Waals surface area contributed by atoms with E-state index < -0.39 is 40.9 Å². The number of halogens is 4. The van der Waals surface area contributed by atoms with Crippen LogP contribution in [0.2, 0.25) is 5.02 Å². The summed E-state index contributed by atoms with van der Waals surface area (Å²) in [6.07, 6.45) is -3.87. The number of rotatable bonds is 15. The molecular formula is C50H48ClF3N4O4. The average molecular weight is 861 g/mol. The van der Waals surface area contributed by atoms with Crippen molar-refractivity contribution >= 4 is 34.8 Å². The SMILES string of the molecule is Cc1ccc(N(C(C(=O)NCCc2ccc(Cl)cc2)c2ccccc2)C(N)(C(=O)N(CCc2ccc(C(F)(F)F)cc2)c2cccc(C3(O)COC3)c2)c2ccccc2)cc1C. The number of amides is 2. The summed E-state index contributed by atoms with van der Waals surface area (Å²) in [6.45, 7) is 4.27. The maximum Gasteiger partial charge on any atom is 0.416 e. The monoisotopic (exact) mass is 860 g/mol. The fraction of sp³-hybridized carbons (Fsp3) is 0.240. The number of nitrogens with two attached hydrogens (primary N) is 1. The van der Waals surface area contributed by atoms with Crippen molar-refractivity contribution in [2.45, 2.75) is 50.2 Å². The van der Waals surface area contributed by atoms with E-state index in [9.17, 15) is 18.3 Å². The second kappa shape index (κ2) is 18.6. The summed E-state index contributed by atoms with van der Waals surface area (Å²) < 4.78 is 46.0. The van der Waals surface area contributed by atoms with Crippen LogP contribution in [0.5, 0.6) is 0 Å². The molecule has 0 spiro atoms. The van der Waals surface area contributed by atoms with Gasteiger partial charge in [-0.2, -0.15) is 13.2 Å². The highest BCUT2D eigenvalue weighted by Gasteiger charge is 2.50. The Labute approximate surface area is 364 Å². The number of ether oxygens (including phenoxy) is 1. The fourth-order valence-electron chi connectivity index (χ4n) is 7.70. The first kappa shape index (κ1) is 44.1. The van der Waals surface area contributed by atoms with Crippen molar-refractivity contribution in [2.24, 2.45) is 5.73 Å². The van der Waals surface area contributed by atoms with Gasteiger partial charge in [-0.1, -0.05) is 115 Å². The van der Waals surface area contributed by atoms with E-state index in [0.717, 1.165) is 28.8 Å². The van der Waals surface area contributed by atoms with Gasteiger partial charge in [-0.25, -0.2) is 0 Å². The van der Waals surface area contributed by atoms with Gasteiger partial charge in [0.15, 0.2) is 5.66 Å². The molecule has 2 amide bonds. The highest BCUT2D eigenvalue weighted by molar-refractivity contribution is 6.30. The van der Waals surface area contributed by atoms with Crippen LogP contribution in [-0.2, 0) is 44.6 Å². The van der Waals surface area contributed by atoms with E-state index in [2.05, 4.69) is 5.32 Å². The molecule has 0 radical (unpaired) electrons. The van der Waals surface area contributed by atoms with Crippen LogP contribution >= 0.6 is 11.6 Å². The van der Waals surface area contributed by atoms with Gasteiger partial charge in [-0.15, -0.1) is 0 Å². The molecule has 1 heterocycles. The van der Waals surface area contributed by atoms with Crippen LogP contribution in [0.25, 0.3) is 0 Å². The van der Waals surface area contributed by atoms with Crippen molar-refractivity contribution in [1.82, 2.24) is 5.32 Å². The minimum absolute atomic E-state index is 0.0293. The van der Waals surface area contributed by atoms with Crippen molar-refractivity contribution in [1.29, 1.82) is 0 Å². The van der Waals surface area contributed by atoms with E-state index >= 15 is 9.59 Å². The summed E-state index contributed by atoms with van der Waals surface area (Å²) in [4.78, 5) is 34.3. The number of aliphatic hydroxyl groups is 1. The van der Waals surface area contributed by atoms with Gasteiger partial charge in [0.2, 0.25) is 5.91 Å². The molecule has 4 N–H and O–H groups in total. The van der Waals surface area contributed by atoms with Gasteiger partial charge in [0.1, 0.15) is 11.6 Å². The Balaban J connectivity index is 1.39. The number of benzene rings is 6. The Morgan fingerprint density at radius 3 is 2.00 bits per heavy atom. The van der Waals surface area contributed by atoms with Crippen LogP contribution in [0.3, 0.4) is 0 Å². The van der Waals surface area contributed by atoms with Crippen molar-refractivity contribution in [3.05, 3.63) is 201 Å². The molecule has 2 unspecified atom stereocenters. The maximum absolute atomic E-state index is 16.1. The molecule has 7 rings (SSSR count). The number of carbonyl (C=O) groups excluding carboxylic acids is 2. The van der Waals surface area contributed by atoms with Crippen LogP contribution in [0.1, 0.15) is 50.5 Å². The van der Waals surface area contributed by atoms with Crippen LogP contribution in [0.15, 0.2) is 152 Å². The number of hydrogen-bond donors (Lipinski definition) is 3. The zero-order chi connectivity index (χ0) is 44.1. The Hall–Kier alpha value is -5.98. The first-order valence-corrected chi connectivity index (χ1v) is 20.7. The second-order valence-corrected chi connectivity index (χ2v) is 16.2. The van der Waals surface area contributed by atoms with E-state index in [0.29, 0.717) is 45.1 Å². The molecular weight excluding hydrogens is 813 g/mol. The highest BCUT2D eigenvalue weighted by Crippen LogP contribution is 2.41. The zero-order valence-corrected chi connectivity index (χ0v) is 35.2. The lowest BCUT2D eigenvalue weighted by molar-refractivity contribution is -0.184. The van der Waals surface area contributed by atoms with E-state index in [1.807, 2.05) is 74.5 Å². The molecule has 8 nitrogen and oxygen atoms in total. The maximum atomic E-state index is 16.1. The molecule has 6 aromatic rings. The van der Waals surface area contributed by atoms with Crippen LogP contribution in [-0.4, -0.2) is 43.2 Å². The molecule has 6 aromatic carbocycles. The molecule has 1 fully saturated rings. The zero-order valence-electron chi connectivity index (χ0n) is 34.4. The highest BCUT2D eigenvalue weighted by atomic mass is 35.5. The summed E-state index contributed by atoms with van der Waals surface area (Å²) >= 11 is 6.14. The van der Waals surface area contributed by atoms with E-state index in [4.69, 9.17) is 22.1 Å². The molecule has 62 heavy (non-hydrogen) atoms. The molecule has 1 aliphatic rings. The van der Waals surface area contributed by atoms with E-state index in [-0.39, 0.29) is 32.7 Å². The smallest absolute Gasteiger partial charge is 0.380 e. The lowest BCUT2D eigenvalue weighted by Gasteiger charge is -2.47. The first-order chi connectivity index (χ1) is 29.7. The Kier molecular flexibility index (Phi) is 13.2. The predicted octanol–water partition coefficient (Wildman–Crippen LogP) is 9.19. The second-order valence-electron chi connectivity index (χ2n) is 15.7. The van der Waals surface area contributed by atoms with Crippen molar-refractivity contribution in [3.63, 3.8) is 0 Å². The van der Waals surface area contributed by atoms with Gasteiger partial charge in [0.25, 0.3) is 5.91 Å². The van der Waals surface area contributed by atoms with Gasteiger partial charge >= 0.3 is 6.18 Å². The van der Waals surface area contributed by atoms with Crippen molar-refractivity contribution < 1.29 is 32.6 Å². The van der Waals surface area contributed by atoms with Crippen molar-refractivity contribution in [2.75, 3.05) is 36.1 Å². The molecule has 0 bridgehead atoms. The first-order valence-electron chi connectivity index (χ1n) is 20.3. The number of anilines is 2. The number of nitrogens with zero attached hydrogens (tertiary/aromatic N) is 2. The van der Waals surface area contributed by atoms with Gasteiger partial charge in [-0.05, 0) is 109 Å². The largest absolute Gasteiger partial charge is 0.416 e. The normalized spacial score (nSPS) is 14.8. The van der Waals surface area contributed by atoms with Gasteiger partial charge in [-0.3, -0.25) is 15.3 Å². The molecule has 0 aliphatic carbocycles. The minimum atomic E-state index is -4.52. The van der Waals surface area contributed by atoms with E-state index in [1.54, 1.807) is 71.6 Å². The number of nitrogens with one attached hydrogen (secondary N) is 1. The van der Waals surface area contributed by atoms with Crippen LogP contribution < -0.4 is 20.9 Å². The molecule has 0 aromatic heterocycles. The molecule has 1 aliphatic heterocycles. The summed E-state index contributed by atoms with van der Waals surface area (Å²) in [5, 5.41) is 15.1.